The highest BCUT2D eigenvalue weighted by molar-refractivity contribution is 14.1. The Morgan fingerprint density at radius 2 is 0.700 bits per heavy atom. The van der Waals surface area contributed by atoms with Gasteiger partial charge in [-0.15, -0.1) is 0 Å². The van der Waals surface area contributed by atoms with Crippen molar-refractivity contribution in [2.45, 2.75) is 154 Å². The van der Waals surface area contributed by atoms with Gasteiger partial charge in [0.1, 0.15) is 0 Å². The number of hydrogen-bond donors (Lipinski definition) is 2. The zero-order valence-electron chi connectivity index (χ0n) is 19.9. The van der Waals surface area contributed by atoms with Crippen molar-refractivity contribution in [3.63, 3.8) is 0 Å². The molecule has 0 saturated heterocycles. The molecule has 1 amide bonds. The molecule has 0 aromatic carbocycles. The Hall–Kier alpha value is 0.160. The largest absolute Gasteiger partial charge is 0.289 e. The highest BCUT2D eigenvalue weighted by Crippen LogP contribution is 2.15. The predicted molar refractivity (Wildman–Crippen MR) is 140 cm³/mol. The highest BCUT2D eigenvalue weighted by Gasteiger charge is 1.98. The number of carbonyl (C=O) groups excluding carboxylic acids is 1. The molecule has 0 heterocycles. The molecule has 0 rings (SSSR count). The first kappa shape index (κ1) is 30.2. The standard InChI is InChI=1S/C26H52INO2/c27-25-23-21-19-17-15-13-11-9-7-5-3-1-2-4-6-8-10-12-14-16-18-20-22-24-26(29)28-30/h30H,1-25H2,(H,28,29). The van der Waals surface area contributed by atoms with Crippen LogP contribution in [0.25, 0.3) is 0 Å². The molecule has 0 fully saturated rings. The van der Waals surface area contributed by atoms with Gasteiger partial charge in [0.25, 0.3) is 0 Å². The summed E-state index contributed by atoms with van der Waals surface area (Å²) in [7, 11) is 0. The van der Waals surface area contributed by atoms with E-state index >= 15 is 0 Å². The van der Waals surface area contributed by atoms with Gasteiger partial charge in [0, 0.05) is 6.42 Å². The van der Waals surface area contributed by atoms with Gasteiger partial charge in [-0.3, -0.25) is 10.0 Å². The van der Waals surface area contributed by atoms with Gasteiger partial charge < -0.3 is 0 Å². The van der Waals surface area contributed by atoms with Crippen LogP contribution in [-0.2, 0) is 4.79 Å². The van der Waals surface area contributed by atoms with Crippen LogP contribution in [0.2, 0.25) is 0 Å². The van der Waals surface area contributed by atoms with Crippen LogP contribution < -0.4 is 5.48 Å². The molecule has 0 aliphatic rings. The summed E-state index contributed by atoms with van der Waals surface area (Å²) in [6, 6.07) is 0. The molecule has 0 atom stereocenters. The van der Waals surface area contributed by atoms with Crippen LogP contribution in [0.4, 0.5) is 0 Å². The average molecular weight is 538 g/mol. The first-order valence-corrected chi connectivity index (χ1v) is 14.8. The number of rotatable bonds is 25. The summed E-state index contributed by atoms with van der Waals surface area (Å²) in [6.07, 6.45) is 32.2. The molecule has 0 saturated carbocycles. The molecule has 180 valence electrons. The summed E-state index contributed by atoms with van der Waals surface area (Å²) in [4.78, 5) is 10.9. The van der Waals surface area contributed by atoms with Crippen LogP contribution >= 0.6 is 22.6 Å². The molecule has 0 unspecified atom stereocenters. The van der Waals surface area contributed by atoms with Crippen LogP contribution in [0.15, 0.2) is 0 Å². The van der Waals surface area contributed by atoms with E-state index in [1.54, 1.807) is 5.48 Å². The summed E-state index contributed by atoms with van der Waals surface area (Å²) >= 11 is 2.49. The van der Waals surface area contributed by atoms with Gasteiger partial charge in [-0.25, -0.2) is 5.48 Å². The van der Waals surface area contributed by atoms with Crippen LogP contribution in [0.1, 0.15) is 154 Å². The second-order valence-electron chi connectivity index (χ2n) is 9.11. The minimum absolute atomic E-state index is 0.256. The molecular formula is C26H52INO2. The number of nitrogens with one attached hydrogen (secondary N) is 1. The Balaban J connectivity index is 3.01. The summed E-state index contributed by atoms with van der Waals surface area (Å²) < 4.78 is 1.33. The van der Waals surface area contributed by atoms with Crippen molar-refractivity contribution in [3.05, 3.63) is 0 Å². The lowest BCUT2D eigenvalue weighted by molar-refractivity contribution is -0.129. The molecule has 4 heteroatoms. The van der Waals surface area contributed by atoms with Gasteiger partial charge in [-0.05, 0) is 17.3 Å². The number of amides is 1. The van der Waals surface area contributed by atoms with Crippen molar-refractivity contribution in [1.82, 2.24) is 5.48 Å². The van der Waals surface area contributed by atoms with E-state index in [4.69, 9.17) is 5.21 Å². The lowest BCUT2D eigenvalue weighted by atomic mass is 10.0. The summed E-state index contributed by atoms with van der Waals surface area (Å²) in [5.41, 5.74) is 1.69. The molecule has 0 aromatic heterocycles. The summed E-state index contributed by atoms with van der Waals surface area (Å²) in [6.45, 7) is 0. The molecule has 0 aliphatic heterocycles. The van der Waals surface area contributed by atoms with E-state index < -0.39 is 0 Å². The molecule has 0 bridgehead atoms. The molecule has 30 heavy (non-hydrogen) atoms. The SMILES string of the molecule is O=C(CCCCCCCCCCCCCCCCCCCCCCCCCI)NO. The van der Waals surface area contributed by atoms with E-state index in [1.165, 1.54) is 139 Å². The molecule has 2 N–H and O–H groups in total. The number of hydrogen-bond acceptors (Lipinski definition) is 2. The van der Waals surface area contributed by atoms with Crippen molar-refractivity contribution in [3.8, 4) is 0 Å². The number of hydroxylamine groups is 1. The normalized spacial score (nSPS) is 11.1. The van der Waals surface area contributed by atoms with Crippen LogP contribution in [0.3, 0.4) is 0 Å². The third kappa shape index (κ3) is 26.2. The van der Waals surface area contributed by atoms with Crippen molar-refractivity contribution in [2.75, 3.05) is 4.43 Å². The second kappa shape index (κ2) is 27.2. The zero-order valence-corrected chi connectivity index (χ0v) is 22.1. The van der Waals surface area contributed by atoms with E-state index in [0.717, 1.165) is 12.8 Å². The van der Waals surface area contributed by atoms with E-state index in [1.807, 2.05) is 0 Å². The maximum Gasteiger partial charge on any atom is 0.243 e. The van der Waals surface area contributed by atoms with Crippen molar-refractivity contribution >= 4 is 28.5 Å². The maximum atomic E-state index is 10.9. The summed E-state index contributed by atoms with van der Waals surface area (Å²) in [5, 5.41) is 8.42. The fourth-order valence-electron chi connectivity index (χ4n) is 4.15. The smallest absolute Gasteiger partial charge is 0.243 e. The van der Waals surface area contributed by atoms with Crippen LogP contribution in [0, 0.1) is 0 Å². The van der Waals surface area contributed by atoms with Gasteiger partial charge in [-0.2, -0.15) is 0 Å². The first-order chi connectivity index (χ1) is 14.8. The Labute approximate surface area is 202 Å². The molecule has 0 aromatic rings. The number of alkyl halides is 1. The van der Waals surface area contributed by atoms with Crippen LogP contribution in [0.5, 0.6) is 0 Å². The minimum Gasteiger partial charge on any atom is -0.289 e. The lowest BCUT2D eigenvalue weighted by Crippen LogP contribution is -2.17. The van der Waals surface area contributed by atoms with Crippen LogP contribution in [-0.4, -0.2) is 15.5 Å². The van der Waals surface area contributed by atoms with Crippen molar-refractivity contribution < 1.29 is 10.0 Å². The fourth-order valence-corrected chi connectivity index (χ4v) is 4.69. The molecule has 0 spiro atoms. The average Bonchev–Trinajstić information content (AvgIpc) is 2.76. The van der Waals surface area contributed by atoms with E-state index in [9.17, 15) is 4.79 Å². The topological polar surface area (TPSA) is 49.3 Å². The zero-order chi connectivity index (χ0) is 22.0. The predicted octanol–water partition coefficient (Wildman–Crippen LogP) is 9.29. The third-order valence-corrected chi connectivity index (χ3v) is 6.92. The number of unbranched alkanes of at least 4 members (excludes halogenated alkanes) is 22. The first-order valence-electron chi connectivity index (χ1n) is 13.3. The van der Waals surface area contributed by atoms with Crippen molar-refractivity contribution in [1.29, 1.82) is 0 Å². The Morgan fingerprint density at radius 1 is 0.467 bits per heavy atom. The van der Waals surface area contributed by atoms with Gasteiger partial charge >= 0.3 is 0 Å². The monoisotopic (exact) mass is 537 g/mol. The number of halogens is 1. The highest BCUT2D eigenvalue weighted by atomic mass is 127. The minimum atomic E-state index is -0.256. The van der Waals surface area contributed by atoms with Gasteiger partial charge in [0.05, 0.1) is 0 Å². The Bertz CT molecular complexity index is 339. The molecule has 0 radical (unpaired) electrons. The molecule has 0 aliphatic carbocycles. The van der Waals surface area contributed by atoms with E-state index in [-0.39, 0.29) is 5.91 Å². The third-order valence-electron chi connectivity index (χ3n) is 6.16. The van der Waals surface area contributed by atoms with E-state index in [2.05, 4.69) is 22.6 Å². The van der Waals surface area contributed by atoms with Crippen molar-refractivity contribution in [2.24, 2.45) is 0 Å². The lowest BCUT2D eigenvalue weighted by Gasteiger charge is -2.04. The quantitative estimate of drug-likeness (QED) is 0.0401. The molecule has 3 nitrogen and oxygen atoms in total. The summed E-state index contributed by atoms with van der Waals surface area (Å²) in [5.74, 6) is -0.256. The second-order valence-corrected chi connectivity index (χ2v) is 10.2. The Morgan fingerprint density at radius 3 is 0.933 bits per heavy atom. The molecular weight excluding hydrogens is 485 g/mol. The number of carbonyl (C=O) groups is 1. The fraction of sp³-hybridized carbons (Fsp3) is 0.962. The maximum absolute atomic E-state index is 10.9. The van der Waals surface area contributed by atoms with Gasteiger partial charge in [0.2, 0.25) is 5.91 Å². The van der Waals surface area contributed by atoms with Gasteiger partial charge in [-0.1, -0.05) is 157 Å². The van der Waals surface area contributed by atoms with E-state index in [0.29, 0.717) is 6.42 Å². The Kier molecular flexibility index (Phi) is 27.3. The van der Waals surface area contributed by atoms with Gasteiger partial charge in [0.15, 0.2) is 0 Å².